The Kier molecular flexibility index (Phi) is 4.23. The Bertz CT molecular complexity index is 535. The molecule has 1 aromatic heterocycles. The second kappa shape index (κ2) is 6.09. The van der Waals surface area contributed by atoms with E-state index in [0.717, 1.165) is 11.3 Å². The van der Waals surface area contributed by atoms with Crippen molar-refractivity contribution in [3.63, 3.8) is 0 Å². The summed E-state index contributed by atoms with van der Waals surface area (Å²) in [6, 6.07) is 11.1. The van der Waals surface area contributed by atoms with Gasteiger partial charge in [-0.05, 0) is 30.7 Å². The van der Waals surface area contributed by atoms with Gasteiger partial charge in [0.1, 0.15) is 5.76 Å². The Labute approximate surface area is 112 Å². The average molecular weight is 258 g/mol. The van der Waals surface area contributed by atoms with E-state index in [9.17, 15) is 4.79 Å². The lowest BCUT2D eigenvalue weighted by molar-refractivity contribution is -0.121. The van der Waals surface area contributed by atoms with Crippen molar-refractivity contribution >= 4 is 11.6 Å². The molecule has 1 unspecified atom stereocenters. The molecular weight excluding hydrogens is 240 g/mol. The molecule has 0 saturated carbocycles. The van der Waals surface area contributed by atoms with Crippen LogP contribution in [0.4, 0.5) is 5.69 Å². The first-order chi connectivity index (χ1) is 9.16. The normalized spacial score (nSPS) is 12.1. The Morgan fingerprint density at radius 3 is 2.79 bits per heavy atom. The highest BCUT2D eigenvalue weighted by molar-refractivity contribution is 5.76. The molecule has 1 amide bonds. The molecule has 4 heteroatoms. The minimum absolute atomic E-state index is 0.00727. The van der Waals surface area contributed by atoms with Crippen molar-refractivity contribution in [2.24, 2.45) is 0 Å². The molecule has 1 heterocycles. The summed E-state index contributed by atoms with van der Waals surface area (Å²) in [6.45, 7) is 1.93. The summed E-state index contributed by atoms with van der Waals surface area (Å²) in [5, 5.41) is 2.94. The highest BCUT2D eigenvalue weighted by atomic mass is 16.3. The number of anilines is 1. The first-order valence-electron chi connectivity index (χ1n) is 6.33. The van der Waals surface area contributed by atoms with E-state index in [1.165, 1.54) is 0 Å². The Morgan fingerprint density at radius 2 is 2.11 bits per heavy atom. The predicted molar refractivity (Wildman–Crippen MR) is 74.4 cm³/mol. The molecular formula is C15H18N2O2. The molecule has 2 aromatic rings. The van der Waals surface area contributed by atoms with Crippen molar-refractivity contribution in [1.29, 1.82) is 0 Å². The summed E-state index contributed by atoms with van der Waals surface area (Å²) in [5.41, 5.74) is 7.52. The molecule has 1 atom stereocenters. The van der Waals surface area contributed by atoms with E-state index in [1.54, 1.807) is 6.26 Å². The molecule has 0 radical (unpaired) electrons. The minimum atomic E-state index is -0.0923. The van der Waals surface area contributed by atoms with Gasteiger partial charge in [0.15, 0.2) is 0 Å². The molecule has 0 aliphatic heterocycles. The van der Waals surface area contributed by atoms with E-state index in [2.05, 4.69) is 5.32 Å². The molecule has 19 heavy (non-hydrogen) atoms. The van der Waals surface area contributed by atoms with Crippen LogP contribution in [0.2, 0.25) is 0 Å². The number of nitrogen functional groups attached to an aromatic ring is 1. The first kappa shape index (κ1) is 13.2. The third-order valence-electron chi connectivity index (χ3n) is 3.02. The third kappa shape index (κ3) is 3.61. The van der Waals surface area contributed by atoms with Crippen LogP contribution >= 0.6 is 0 Å². The number of carbonyl (C=O) groups excluding carboxylic acids is 1. The van der Waals surface area contributed by atoms with Gasteiger partial charge in [-0.2, -0.15) is 0 Å². The smallest absolute Gasteiger partial charge is 0.220 e. The molecule has 0 bridgehead atoms. The number of amides is 1. The molecule has 0 fully saturated rings. The number of para-hydroxylation sites is 1. The quantitative estimate of drug-likeness (QED) is 0.810. The summed E-state index contributed by atoms with van der Waals surface area (Å²) >= 11 is 0. The molecule has 3 N–H and O–H groups in total. The van der Waals surface area contributed by atoms with Gasteiger partial charge in [-0.1, -0.05) is 18.2 Å². The SMILES string of the molecule is CC(NC(=O)CCc1ccco1)c1ccccc1N. The van der Waals surface area contributed by atoms with Crippen LogP contribution in [-0.2, 0) is 11.2 Å². The second-order valence-corrected chi connectivity index (χ2v) is 4.50. The number of carbonyl (C=O) groups is 1. The van der Waals surface area contributed by atoms with Crippen LogP contribution in [0.5, 0.6) is 0 Å². The van der Waals surface area contributed by atoms with Crippen LogP contribution < -0.4 is 11.1 Å². The van der Waals surface area contributed by atoms with E-state index in [1.807, 2.05) is 43.3 Å². The summed E-state index contributed by atoms with van der Waals surface area (Å²) in [4.78, 5) is 11.8. The van der Waals surface area contributed by atoms with E-state index < -0.39 is 0 Å². The van der Waals surface area contributed by atoms with Gasteiger partial charge in [-0.3, -0.25) is 4.79 Å². The van der Waals surface area contributed by atoms with Crippen molar-refractivity contribution in [1.82, 2.24) is 5.32 Å². The van der Waals surface area contributed by atoms with Gasteiger partial charge in [0.2, 0.25) is 5.91 Å². The predicted octanol–water partition coefficient (Wildman–Crippen LogP) is 2.67. The lowest BCUT2D eigenvalue weighted by Crippen LogP contribution is -2.27. The Balaban J connectivity index is 1.87. The number of rotatable bonds is 5. The van der Waals surface area contributed by atoms with Crippen molar-refractivity contribution < 1.29 is 9.21 Å². The van der Waals surface area contributed by atoms with Crippen LogP contribution in [0.1, 0.15) is 30.7 Å². The third-order valence-corrected chi connectivity index (χ3v) is 3.02. The van der Waals surface area contributed by atoms with Crippen LogP contribution in [-0.4, -0.2) is 5.91 Å². The highest BCUT2D eigenvalue weighted by Crippen LogP contribution is 2.19. The molecule has 0 spiro atoms. The molecule has 0 aliphatic carbocycles. The van der Waals surface area contributed by atoms with Crippen LogP contribution in [0.25, 0.3) is 0 Å². The minimum Gasteiger partial charge on any atom is -0.469 e. The zero-order valence-corrected chi connectivity index (χ0v) is 10.9. The summed E-state index contributed by atoms with van der Waals surface area (Å²) < 4.78 is 5.19. The van der Waals surface area contributed by atoms with Crippen molar-refractivity contribution in [3.05, 3.63) is 54.0 Å². The maximum absolute atomic E-state index is 11.8. The molecule has 0 aliphatic rings. The summed E-state index contributed by atoms with van der Waals surface area (Å²) in [6.07, 6.45) is 2.63. The number of nitrogens with one attached hydrogen (secondary N) is 1. The molecule has 0 saturated heterocycles. The lowest BCUT2D eigenvalue weighted by Gasteiger charge is -2.16. The Hall–Kier alpha value is -2.23. The average Bonchev–Trinajstić information content (AvgIpc) is 2.90. The highest BCUT2D eigenvalue weighted by Gasteiger charge is 2.12. The van der Waals surface area contributed by atoms with Crippen molar-refractivity contribution in [2.75, 3.05) is 5.73 Å². The van der Waals surface area contributed by atoms with Gasteiger partial charge in [0.25, 0.3) is 0 Å². The Morgan fingerprint density at radius 1 is 1.32 bits per heavy atom. The monoisotopic (exact) mass is 258 g/mol. The lowest BCUT2D eigenvalue weighted by atomic mass is 10.1. The maximum Gasteiger partial charge on any atom is 0.220 e. The van der Waals surface area contributed by atoms with Gasteiger partial charge < -0.3 is 15.5 Å². The van der Waals surface area contributed by atoms with Gasteiger partial charge in [-0.15, -0.1) is 0 Å². The number of hydrogen-bond acceptors (Lipinski definition) is 3. The van der Waals surface area contributed by atoms with Gasteiger partial charge in [0.05, 0.1) is 12.3 Å². The first-order valence-corrected chi connectivity index (χ1v) is 6.33. The van der Waals surface area contributed by atoms with Crippen LogP contribution in [0, 0.1) is 0 Å². The van der Waals surface area contributed by atoms with Crippen LogP contribution in [0.15, 0.2) is 47.1 Å². The molecule has 1 aromatic carbocycles. The fraction of sp³-hybridized carbons (Fsp3) is 0.267. The van der Waals surface area contributed by atoms with E-state index in [-0.39, 0.29) is 11.9 Å². The van der Waals surface area contributed by atoms with E-state index in [4.69, 9.17) is 10.2 Å². The largest absolute Gasteiger partial charge is 0.469 e. The second-order valence-electron chi connectivity index (χ2n) is 4.50. The van der Waals surface area contributed by atoms with E-state index >= 15 is 0 Å². The van der Waals surface area contributed by atoms with Gasteiger partial charge >= 0.3 is 0 Å². The molecule has 4 nitrogen and oxygen atoms in total. The van der Waals surface area contributed by atoms with Crippen molar-refractivity contribution in [3.8, 4) is 0 Å². The molecule has 100 valence electrons. The standard InChI is InChI=1S/C15H18N2O2/c1-11(13-6-2-3-7-14(13)16)17-15(18)9-8-12-5-4-10-19-12/h2-7,10-11H,8-9,16H2,1H3,(H,17,18). The topological polar surface area (TPSA) is 68.3 Å². The maximum atomic E-state index is 11.8. The number of nitrogens with two attached hydrogens (primary N) is 1. The van der Waals surface area contributed by atoms with Gasteiger partial charge in [-0.25, -0.2) is 0 Å². The van der Waals surface area contributed by atoms with Gasteiger partial charge in [0, 0.05) is 18.5 Å². The number of hydrogen-bond donors (Lipinski definition) is 2. The summed E-state index contributed by atoms with van der Waals surface area (Å²) in [5.74, 6) is 0.814. The number of benzene rings is 1. The zero-order chi connectivity index (χ0) is 13.7. The fourth-order valence-corrected chi connectivity index (χ4v) is 1.99. The number of aryl methyl sites for hydroxylation is 1. The van der Waals surface area contributed by atoms with E-state index in [0.29, 0.717) is 18.5 Å². The molecule has 2 rings (SSSR count). The van der Waals surface area contributed by atoms with Crippen LogP contribution in [0.3, 0.4) is 0 Å². The fourth-order valence-electron chi connectivity index (χ4n) is 1.99. The number of furan rings is 1. The van der Waals surface area contributed by atoms with Crippen molar-refractivity contribution in [2.45, 2.75) is 25.8 Å². The zero-order valence-electron chi connectivity index (χ0n) is 10.9. The summed E-state index contributed by atoms with van der Waals surface area (Å²) in [7, 11) is 0.